The second-order valence-corrected chi connectivity index (χ2v) is 5.93. The number of carbonyl (C=O) groups excluding carboxylic acids is 1. The molecule has 0 aliphatic carbocycles. The second kappa shape index (κ2) is 7.35. The molecule has 0 aliphatic rings. The van der Waals surface area contributed by atoms with E-state index in [1.807, 2.05) is 31.3 Å². The summed E-state index contributed by atoms with van der Waals surface area (Å²) >= 11 is 0. The molecule has 1 heterocycles. The Morgan fingerprint density at radius 1 is 1.23 bits per heavy atom. The van der Waals surface area contributed by atoms with Crippen LogP contribution in [-0.2, 0) is 0 Å². The van der Waals surface area contributed by atoms with Gasteiger partial charge in [-0.1, -0.05) is 11.3 Å². The third-order valence-corrected chi connectivity index (χ3v) is 4.20. The van der Waals surface area contributed by atoms with Crippen LogP contribution in [0.15, 0.2) is 48.5 Å². The number of hydrogen-bond donors (Lipinski definition) is 1. The number of carbonyl (C=O) groups is 1. The fourth-order valence-corrected chi connectivity index (χ4v) is 2.56. The lowest BCUT2D eigenvalue weighted by Gasteiger charge is -2.17. The largest absolute Gasteiger partial charge is 0.375 e. The molecule has 0 fully saturated rings. The highest BCUT2D eigenvalue weighted by Gasteiger charge is 2.17. The molecular formula is C19H20FN5O. The van der Waals surface area contributed by atoms with E-state index in [9.17, 15) is 9.18 Å². The average Bonchev–Trinajstić information content (AvgIpc) is 3.03. The van der Waals surface area contributed by atoms with Crippen LogP contribution in [-0.4, -0.2) is 34.5 Å². The van der Waals surface area contributed by atoms with E-state index in [0.29, 0.717) is 17.1 Å². The van der Waals surface area contributed by atoms with Gasteiger partial charge in [0.1, 0.15) is 5.82 Å². The van der Waals surface area contributed by atoms with Crippen molar-refractivity contribution in [2.24, 2.45) is 0 Å². The van der Waals surface area contributed by atoms with E-state index in [4.69, 9.17) is 0 Å². The molecule has 0 saturated heterocycles. The zero-order valence-corrected chi connectivity index (χ0v) is 14.9. The van der Waals surface area contributed by atoms with Crippen LogP contribution in [0.4, 0.5) is 15.8 Å². The maximum atomic E-state index is 13.1. The predicted molar refractivity (Wildman–Crippen MR) is 99.4 cm³/mol. The van der Waals surface area contributed by atoms with Crippen LogP contribution >= 0.6 is 0 Å². The Balaban J connectivity index is 1.82. The van der Waals surface area contributed by atoms with Crippen LogP contribution in [0.2, 0.25) is 0 Å². The molecule has 1 N–H and O–H groups in total. The Morgan fingerprint density at radius 3 is 2.65 bits per heavy atom. The summed E-state index contributed by atoms with van der Waals surface area (Å²) in [5, 5.41) is 10.8. The first-order valence-electron chi connectivity index (χ1n) is 8.30. The molecule has 6 nitrogen and oxygen atoms in total. The van der Waals surface area contributed by atoms with Crippen molar-refractivity contribution in [3.63, 3.8) is 0 Å². The summed E-state index contributed by atoms with van der Waals surface area (Å²) in [7, 11) is 1.99. The standard InChI is InChI=1S/C19H20FN5O/c1-4-24(3)17-7-5-6-15(12-17)21-19(26)18-13(2)25(23-22-18)16-10-8-14(20)9-11-16/h5-12H,4H2,1-3H3,(H,21,26). The van der Waals surface area contributed by atoms with E-state index < -0.39 is 0 Å². The van der Waals surface area contributed by atoms with E-state index in [1.165, 1.54) is 16.8 Å². The lowest BCUT2D eigenvalue weighted by atomic mass is 10.2. The van der Waals surface area contributed by atoms with E-state index in [1.54, 1.807) is 19.1 Å². The number of halogens is 1. The number of rotatable bonds is 5. The number of nitrogens with one attached hydrogen (secondary N) is 1. The zero-order chi connectivity index (χ0) is 18.7. The first-order valence-corrected chi connectivity index (χ1v) is 8.30. The first kappa shape index (κ1) is 17.6. The van der Waals surface area contributed by atoms with E-state index >= 15 is 0 Å². The lowest BCUT2D eigenvalue weighted by Crippen LogP contribution is -2.17. The van der Waals surface area contributed by atoms with Gasteiger partial charge in [-0.3, -0.25) is 4.79 Å². The Bertz CT molecular complexity index is 920. The minimum atomic E-state index is -0.341. The molecule has 134 valence electrons. The Labute approximate surface area is 151 Å². The van der Waals surface area contributed by atoms with Gasteiger partial charge < -0.3 is 10.2 Å². The minimum Gasteiger partial charge on any atom is -0.375 e. The molecular weight excluding hydrogens is 333 g/mol. The number of nitrogens with zero attached hydrogens (tertiary/aromatic N) is 4. The van der Waals surface area contributed by atoms with Crippen molar-refractivity contribution in [3.05, 3.63) is 65.7 Å². The number of anilines is 2. The van der Waals surface area contributed by atoms with Crippen molar-refractivity contribution in [1.82, 2.24) is 15.0 Å². The average molecular weight is 353 g/mol. The smallest absolute Gasteiger partial charge is 0.278 e. The highest BCUT2D eigenvalue weighted by molar-refractivity contribution is 6.03. The summed E-state index contributed by atoms with van der Waals surface area (Å²) in [4.78, 5) is 14.7. The fourth-order valence-electron chi connectivity index (χ4n) is 2.56. The van der Waals surface area contributed by atoms with Crippen LogP contribution < -0.4 is 10.2 Å². The topological polar surface area (TPSA) is 63.1 Å². The molecule has 0 spiro atoms. The van der Waals surface area contributed by atoms with Gasteiger partial charge in [-0.25, -0.2) is 9.07 Å². The van der Waals surface area contributed by atoms with Gasteiger partial charge in [0.2, 0.25) is 0 Å². The third kappa shape index (κ3) is 3.56. The van der Waals surface area contributed by atoms with Gasteiger partial charge in [-0.15, -0.1) is 5.10 Å². The summed E-state index contributed by atoms with van der Waals surface area (Å²) in [6, 6.07) is 13.4. The number of amides is 1. The van der Waals surface area contributed by atoms with Crippen LogP contribution in [0.1, 0.15) is 23.1 Å². The van der Waals surface area contributed by atoms with E-state index in [2.05, 4.69) is 27.5 Å². The van der Waals surface area contributed by atoms with Crippen LogP contribution in [0.25, 0.3) is 5.69 Å². The molecule has 0 bridgehead atoms. The second-order valence-electron chi connectivity index (χ2n) is 5.93. The normalized spacial score (nSPS) is 10.6. The molecule has 3 aromatic rings. The van der Waals surface area contributed by atoms with Crippen molar-refractivity contribution < 1.29 is 9.18 Å². The van der Waals surface area contributed by atoms with Gasteiger partial charge in [0.25, 0.3) is 5.91 Å². The van der Waals surface area contributed by atoms with Crippen LogP contribution in [0.3, 0.4) is 0 Å². The third-order valence-electron chi connectivity index (χ3n) is 4.20. The molecule has 0 aliphatic heterocycles. The van der Waals surface area contributed by atoms with Gasteiger partial charge in [0, 0.05) is 25.0 Å². The lowest BCUT2D eigenvalue weighted by molar-refractivity contribution is 0.102. The number of benzene rings is 2. The molecule has 0 saturated carbocycles. The Morgan fingerprint density at radius 2 is 1.96 bits per heavy atom. The molecule has 0 unspecified atom stereocenters. The molecule has 7 heteroatoms. The van der Waals surface area contributed by atoms with Gasteiger partial charge in [-0.2, -0.15) is 0 Å². The number of hydrogen-bond acceptors (Lipinski definition) is 4. The van der Waals surface area contributed by atoms with E-state index in [-0.39, 0.29) is 17.4 Å². The molecule has 0 atom stereocenters. The quantitative estimate of drug-likeness (QED) is 0.763. The first-order chi connectivity index (χ1) is 12.5. The highest BCUT2D eigenvalue weighted by atomic mass is 19.1. The van der Waals surface area contributed by atoms with Gasteiger partial charge >= 0.3 is 0 Å². The summed E-state index contributed by atoms with van der Waals surface area (Å²) in [6.45, 7) is 4.67. The number of aromatic nitrogens is 3. The van der Waals surface area contributed by atoms with Gasteiger partial charge in [0.15, 0.2) is 5.69 Å². The maximum Gasteiger partial charge on any atom is 0.278 e. The van der Waals surface area contributed by atoms with Crippen LogP contribution in [0, 0.1) is 12.7 Å². The van der Waals surface area contributed by atoms with Crippen molar-refractivity contribution >= 4 is 17.3 Å². The fraction of sp³-hybridized carbons (Fsp3) is 0.211. The van der Waals surface area contributed by atoms with Crippen LogP contribution in [0.5, 0.6) is 0 Å². The summed E-state index contributed by atoms with van der Waals surface area (Å²) in [5.74, 6) is -0.673. The van der Waals surface area contributed by atoms with E-state index in [0.717, 1.165) is 12.2 Å². The minimum absolute atomic E-state index is 0.226. The van der Waals surface area contributed by atoms with Gasteiger partial charge in [-0.05, 0) is 56.3 Å². The molecule has 3 rings (SSSR count). The summed E-state index contributed by atoms with van der Waals surface area (Å²) in [5.41, 5.74) is 3.14. The molecule has 1 aromatic heterocycles. The zero-order valence-electron chi connectivity index (χ0n) is 14.9. The highest BCUT2D eigenvalue weighted by Crippen LogP contribution is 2.19. The monoisotopic (exact) mass is 353 g/mol. The van der Waals surface area contributed by atoms with Crippen molar-refractivity contribution in [3.8, 4) is 5.69 Å². The van der Waals surface area contributed by atoms with Crippen molar-refractivity contribution in [1.29, 1.82) is 0 Å². The molecule has 2 aromatic carbocycles. The Kier molecular flexibility index (Phi) is 4.97. The maximum absolute atomic E-state index is 13.1. The molecule has 26 heavy (non-hydrogen) atoms. The Hall–Kier alpha value is -3.22. The molecule has 1 amide bonds. The predicted octanol–water partition coefficient (Wildman–Crippen LogP) is 3.42. The SMILES string of the molecule is CCN(C)c1cccc(NC(=O)c2nnn(-c3ccc(F)cc3)c2C)c1. The summed E-state index contributed by atoms with van der Waals surface area (Å²) < 4.78 is 14.6. The summed E-state index contributed by atoms with van der Waals surface area (Å²) in [6.07, 6.45) is 0. The van der Waals surface area contributed by atoms with Gasteiger partial charge in [0.05, 0.1) is 11.4 Å². The van der Waals surface area contributed by atoms with Crippen molar-refractivity contribution in [2.75, 3.05) is 23.8 Å². The van der Waals surface area contributed by atoms with Crippen molar-refractivity contribution in [2.45, 2.75) is 13.8 Å². The molecule has 0 radical (unpaired) electrons.